The molecule has 0 aromatic heterocycles. The highest BCUT2D eigenvalue weighted by Crippen LogP contribution is 2.19. The molecule has 0 aliphatic heterocycles. The third kappa shape index (κ3) is 2.34. The van der Waals surface area contributed by atoms with Gasteiger partial charge in [0.1, 0.15) is 0 Å². The van der Waals surface area contributed by atoms with Gasteiger partial charge in [-0.3, -0.25) is 4.79 Å². The molecular formula is C10H10F2O. The van der Waals surface area contributed by atoms with Crippen LogP contribution in [0.15, 0.2) is 24.3 Å². The number of rotatable bonds is 3. The quantitative estimate of drug-likeness (QED) is 0.659. The molecule has 0 amide bonds. The number of Topliss-reactive ketones (excluding diaryl/α,β-unsaturated/α-hetero) is 1. The van der Waals surface area contributed by atoms with Crippen molar-refractivity contribution in [2.24, 2.45) is 0 Å². The van der Waals surface area contributed by atoms with Crippen molar-refractivity contribution in [1.29, 1.82) is 0 Å². The zero-order valence-corrected chi connectivity index (χ0v) is 7.26. The smallest absolute Gasteiger partial charge is 0.263 e. The van der Waals surface area contributed by atoms with Crippen LogP contribution in [0.2, 0.25) is 0 Å². The molecule has 0 saturated carbocycles. The Balaban J connectivity index is 2.98. The number of hydrogen-bond acceptors (Lipinski definition) is 1. The lowest BCUT2D eigenvalue weighted by atomic mass is 10.1. The van der Waals surface area contributed by atoms with Crippen LogP contribution in [0.4, 0.5) is 8.78 Å². The van der Waals surface area contributed by atoms with Gasteiger partial charge in [0.15, 0.2) is 5.78 Å². The van der Waals surface area contributed by atoms with Crippen LogP contribution >= 0.6 is 0 Å². The number of carbonyl (C=O) groups excluding carboxylic acids is 1. The summed E-state index contributed by atoms with van der Waals surface area (Å²) in [5.41, 5.74) is 0.264. The average Bonchev–Trinajstić information content (AvgIpc) is 2.17. The second-order valence-corrected chi connectivity index (χ2v) is 2.70. The van der Waals surface area contributed by atoms with E-state index in [1.165, 1.54) is 18.2 Å². The fourth-order valence-corrected chi connectivity index (χ4v) is 1.05. The number of carbonyl (C=O) groups is 1. The molecule has 0 atom stereocenters. The van der Waals surface area contributed by atoms with Gasteiger partial charge in [0.2, 0.25) is 0 Å². The average molecular weight is 184 g/mol. The van der Waals surface area contributed by atoms with Crippen molar-refractivity contribution in [3.05, 3.63) is 35.4 Å². The predicted octanol–water partition coefficient (Wildman–Crippen LogP) is 3.22. The maximum absolute atomic E-state index is 12.2. The fourth-order valence-electron chi connectivity index (χ4n) is 1.05. The van der Waals surface area contributed by atoms with Crippen LogP contribution in [-0.4, -0.2) is 5.78 Å². The largest absolute Gasteiger partial charge is 0.294 e. The summed E-state index contributed by atoms with van der Waals surface area (Å²) in [5, 5.41) is 0. The molecule has 1 rings (SSSR count). The first-order chi connectivity index (χ1) is 6.15. The van der Waals surface area contributed by atoms with Crippen molar-refractivity contribution in [3.63, 3.8) is 0 Å². The number of halogens is 2. The summed E-state index contributed by atoms with van der Waals surface area (Å²) in [7, 11) is 0. The summed E-state index contributed by atoms with van der Waals surface area (Å²) in [6.07, 6.45) is -2.17. The summed E-state index contributed by atoms with van der Waals surface area (Å²) in [4.78, 5) is 11.1. The Morgan fingerprint density at radius 2 is 2.15 bits per heavy atom. The molecule has 1 aromatic carbocycles. The van der Waals surface area contributed by atoms with Crippen molar-refractivity contribution in [2.45, 2.75) is 19.8 Å². The maximum atomic E-state index is 12.2. The molecule has 0 aliphatic rings. The van der Waals surface area contributed by atoms with E-state index in [9.17, 15) is 13.6 Å². The van der Waals surface area contributed by atoms with Crippen LogP contribution in [-0.2, 0) is 0 Å². The number of benzene rings is 1. The van der Waals surface area contributed by atoms with E-state index < -0.39 is 6.43 Å². The topological polar surface area (TPSA) is 17.1 Å². The highest BCUT2D eigenvalue weighted by Gasteiger charge is 2.09. The lowest BCUT2D eigenvalue weighted by Crippen LogP contribution is -1.97. The first-order valence-corrected chi connectivity index (χ1v) is 4.06. The normalized spacial score (nSPS) is 10.5. The zero-order chi connectivity index (χ0) is 9.84. The molecule has 0 heterocycles. The van der Waals surface area contributed by atoms with E-state index in [1.807, 2.05) is 0 Å². The fraction of sp³-hybridized carbons (Fsp3) is 0.300. The second kappa shape index (κ2) is 4.12. The minimum Gasteiger partial charge on any atom is -0.294 e. The maximum Gasteiger partial charge on any atom is 0.263 e. The van der Waals surface area contributed by atoms with Crippen LogP contribution < -0.4 is 0 Å². The van der Waals surface area contributed by atoms with Gasteiger partial charge in [0.25, 0.3) is 6.43 Å². The van der Waals surface area contributed by atoms with Gasteiger partial charge in [-0.2, -0.15) is 0 Å². The monoisotopic (exact) mass is 184 g/mol. The molecule has 0 N–H and O–H groups in total. The Hall–Kier alpha value is -1.25. The molecule has 3 heteroatoms. The van der Waals surface area contributed by atoms with Gasteiger partial charge in [0, 0.05) is 17.5 Å². The first-order valence-electron chi connectivity index (χ1n) is 4.06. The van der Waals surface area contributed by atoms with Crippen molar-refractivity contribution in [2.75, 3.05) is 0 Å². The van der Waals surface area contributed by atoms with Gasteiger partial charge < -0.3 is 0 Å². The Bertz CT molecular complexity index is 308. The van der Waals surface area contributed by atoms with Crippen molar-refractivity contribution < 1.29 is 13.6 Å². The summed E-state index contributed by atoms with van der Waals surface area (Å²) < 4.78 is 24.4. The van der Waals surface area contributed by atoms with E-state index >= 15 is 0 Å². The molecule has 0 spiro atoms. The Morgan fingerprint density at radius 1 is 1.46 bits per heavy atom. The molecule has 0 fully saturated rings. The van der Waals surface area contributed by atoms with Gasteiger partial charge in [0.05, 0.1) is 0 Å². The van der Waals surface area contributed by atoms with Gasteiger partial charge in [-0.15, -0.1) is 0 Å². The molecular weight excluding hydrogens is 174 g/mol. The van der Waals surface area contributed by atoms with Crippen LogP contribution in [0.25, 0.3) is 0 Å². The standard InChI is InChI=1S/C10H10F2O/c1-2-9(13)7-4-3-5-8(6-7)10(11)12/h3-6,10H,2H2,1H3. The molecule has 0 aliphatic carbocycles. The predicted molar refractivity (Wildman–Crippen MR) is 46.0 cm³/mol. The minimum atomic E-state index is -2.51. The molecule has 0 radical (unpaired) electrons. The van der Waals surface area contributed by atoms with E-state index in [0.29, 0.717) is 12.0 Å². The lowest BCUT2D eigenvalue weighted by molar-refractivity contribution is 0.0987. The first kappa shape index (κ1) is 9.84. The van der Waals surface area contributed by atoms with Gasteiger partial charge in [-0.25, -0.2) is 8.78 Å². The van der Waals surface area contributed by atoms with Crippen molar-refractivity contribution in [1.82, 2.24) is 0 Å². The van der Waals surface area contributed by atoms with Crippen LogP contribution in [0.5, 0.6) is 0 Å². The van der Waals surface area contributed by atoms with E-state index in [-0.39, 0.29) is 11.3 Å². The summed E-state index contributed by atoms with van der Waals surface area (Å²) in [5.74, 6) is -0.109. The van der Waals surface area contributed by atoms with E-state index in [2.05, 4.69) is 0 Å². The van der Waals surface area contributed by atoms with Crippen LogP contribution in [0.3, 0.4) is 0 Å². The highest BCUT2D eigenvalue weighted by molar-refractivity contribution is 5.95. The molecule has 1 nitrogen and oxygen atoms in total. The van der Waals surface area contributed by atoms with Gasteiger partial charge >= 0.3 is 0 Å². The zero-order valence-electron chi connectivity index (χ0n) is 7.26. The third-order valence-electron chi connectivity index (χ3n) is 1.78. The Morgan fingerprint density at radius 3 is 2.69 bits per heavy atom. The minimum absolute atomic E-state index is 0.0979. The molecule has 70 valence electrons. The molecule has 13 heavy (non-hydrogen) atoms. The van der Waals surface area contributed by atoms with Crippen LogP contribution in [0.1, 0.15) is 35.7 Å². The number of ketones is 1. The molecule has 0 bridgehead atoms. The molecule has 0 unspecified atom stereocenters. The third-order valence-corrected chi connectivity index (χ3v) is 1.78. The summed E-state index contributed by atoms with van der Waals surface area (Å²) in [6, 6.07) is 5.59. The van der Waals surface area contributed by atoms with E-state index in [4.69, 9.17) is 0 Å². The van der Waals surface area contributed by atoms with E-state index in [1.54, 1.807) is 13.0 Å². The van der Waals surface area contributed by atoms with Crippen LogP contribution in [0, 0.1) is 0 Å². The summed E-state index contributed by atoms with van der Waals surface area (Å²) >= 11 is 0. The lowest BCUT2D eigenvalue weighted by Gasteiger charge is -2.01. The van der Waals surface area contributed by atoms with Gasteiger partial charge in [-0.1, -0.05) is 25.1 Å². The SMILES string of the molecule is CCC(=O)c1cccc(C(F)F)c1. The van der Waals surface area contributed by atoms with E-state index in [0.717, 1.165) is 0 Å². The second-order valence-electron chi connectivity index (χ2n) is 2.70. The number of alkyl halides is 2. The van der Waals surface area contributed by atoms with Crippen molar-refractivity contribution >= 4 is 5.78 Å². The number of hydrogen-bond donors (Lipinski definition) is 0. The van der Waals surface area contributed by atoms with Gasteiger partial charge in [-0.05, 0) is 6.07 Å². The Labute approximate surface area is 75.4 Å². The molecule has 0 saturated heterocycles. The highest BCUT2D eigenvalue weighted by atomic mass is 19.3. The molecule has 1 aromatic rings. The van der Waals surface area contributed by atoms with Crippen molar-refractivity contribution in [3.8, 4) is 0 Å². The summed E-state index contributed by atoms with van der Waals surface area (Å²) in [6.45, 7) is 1.71. The Kier molecular flexibility index (Phi) is 3.12.